The van der Waals surface area contributed by atoms with Crippen molar-refractivity contribution in [3.05, 3.63) is 34.9 Å². The molecule has 0 fully saturated rings. The third kappa shape index (κ3) is 3.84. The van der Waals surface area contributed by atoms with Crippen molar-refractivity contribution in [3.63, 3.8) is 0 Å². The highest BCUT2D eigenvalue weighted by atomic mass is 15.1. The van der Waals surface area contributed by atoms with E-state index in [-0.39, 0.29) is 0 Å². The molecule has 19 heavy (non-hydrogen) atoms. The van der Waals surface area contributed by atoms with Crippen molar-refractivity contribution in [3.8, 4) is 0 Å². The van der Waals surface area contributed by atoms with Gasteiger partial charge in [0, 0.05) is 31.9 Å². The first-order chi connectivity index (χ1) is 9.06. The number of nitrogens with one attached hydrogen (secondary N) is 1. The standard InChI is InChI=1S/C17H26N2/c1-13(2)18-12-14(3)10-15-7-8-17-16(11-15)6-5-9-19(17)4/h7-8,10-11,13,18H,5-6,9,12H2,1-4H3. The maximum Gasteiger partial charge on any atom is 0.0396 e. The molecule has 1 aromatic carbocycles. The molecule has 0 bridgehead atoms. The summed E-state index contributed by atoms with van der Waals surface area (Å²) in [7, 11) is 2.19. The molecule has 0 spiro atoms. The van der Waals surface area contributed by atoms with Crippen LogP contribution in [0.4, 0.5) is 5.69 Å². The molecular weight excluding hydrogens is 232 g/mol. The van der Waals surface area contributed by atoms with Crippen LogP contribution in [-0.2, 0) is 6.42 Å². The monoisotopic (exact) mass is 258 g/mol. The van der Waals surface area contributed by atoms with Crippen molar-refractivity contribution in [2.24, 2.45) is 0 Å². The maximum absolute atomic E-state index is 3.46. The summed E-state index contributed by atoms with van der Waals surface area (Å²) in [5.41, 5.74) is 5.61. The SMILES string of the molecule is CC(=Cc1ccc2c(c1)CCCN2C)CNC(C)C. The van der Waals surface area contributed by atoms with E-state index in [0.29, 0.717) is 6.04 Å². The molecule has 1 aliphatic rings. The Morgan fingerprint density at radius 2 is 2.21 bits per heavy atom. The molecule has 2 heteroatoms. The number of anilines is 1. The van der Waals surface area contributed by atoms with Crippen LogP contribution in [0.1, 0.15) is 38.3 Å². The van der Waals surface area contributed by atoms with Crippen LogP contribution in [0.2, 0.25) is 0 Å². The Morgan fingerprint density at radius 3 is 2.95 bits per heavy atom. The van der Waals surface area contributed by atoms with Crippen molar-refractivity contribution in [2.75, 3.05) is 25.0 Å². The largest absolute Gasteiger partial charge is 0.374 e. The lowest BCUT2D eigenvalue weighted by Gasteiger charge is -2.27. The smallest absolute Gasteiger partial charge is 0.0396 e. The molecule has 1 aromatic rings. The maximum atomic E-state index is 3.46. The topological polar surface area (TPSA) is 15.3 Å². The molecular formula is C17H26N2. The molecule has 1 aliphatic heterocycles. The van der Waals surface area contributed by atoms with Gasteiger partial charge in [-0.1, -0.05) is 31.6 Å². The summed E-state index contributed by atoms with van der Waals surface area (Å²) in [5.74, 6) is 0. The molecule has 104 valence electrons. The van der Waals surface area contributed by atoms with Gasteiger partial charge in [0.05, 0.1) is 0 Å². The minimum atomic E-state index is 0.542. The van der Waals surface area contributed by atoms with Crippen LogP contribution >= 0.6 is 0 Å². The van der Waals surface area contributed by atoms with Crippen LogP contribution in [0.3, 0.4) is 0 Å². The van der Waals surface area contributed by atoms with Gasteiger partial charge in [-0.2, -0.15) is 0 Å². The molecule has 2 nitrogen and oxygen atoms in total. The Hall–Kier alpha value is -1.28. The van der Waals surface area contributed by atoms with Gasteiger partial charge in [0.25, 0.3) is 0 Å². The third-order valence-corrected chi connectivity index (χ3v) is 3.66. The Balaban J connectivity index is 2.11. The molecule has 2 rings (SSSR count). The van der Waals surface area contributed by atoms with Crippen LogP contribution in [0.5, 0.6) is 0 Å². The summed E-state index contributed by atoms with van der Waals surface area (Å²) in [6, 6.07) is 7.40. The third-order valence-electron chi connectivity index (χ3n) is 3.66. The molecule has 0 saturated carbocycles. The second kappa shape index (κ2) is 6.25. The molecule has 1 heterocycles. The van der Waals surface area contributed by atoms with E-state index in [1.165, 1.54) is 41.8 Å². The van der Waals surface area contributed by atoms with E-state index in [2.05, 4.69) is 62.3 Å². The molecule has 0 atom stereocenters. The minimum absolute atomic E-state index is 0.542. The molecule has 0 amide bonds. The molecule has 0 aromatic heterocycles. The molecule has 0 aliphatic carbocycles. The number of nitrogens with zero attached hydrogens (tertiary/aromatic N) is 1. The van der Waals surface area contributed by atoms with Crippen LogP contribution in [0.15, 0.2) is 23.8 Å². The van der Waals surface area contributed by atoms with Gasteiger partial charge in [-0.05, 0) is 43.0 Å². The van der Waals surface area contributed by atoms with Gasteiger partial charge in [-0.15, -0.1) is 0 Å². The van der Waals surface area contributed by atoms with Gasteiger partial charge < -0.3 is 10.2 Å². The predicted octanol–water partition coefficient (Wildman–Crippen LogP) is 3.47. The number of aryl methyl sites for hydroxylation is 1. The number of fused-ring (bicyclic) bond motifs is 1. The number of hydrogen-bond acceptors (Lipinski definition) is 2. The van der Waals surface area contributed by atoms with E-state index in [1.54, 1.807) is 0 Å². The average molecular weight is 258 g/mol. The van der Waals surface area contributed by atoms with Gasteiger partial charge in [-0.3, -0.25) is 0 Å². The molecule has 0 saturated heterocycles. The van der Waals surface area contributed by atoms with Crippen molar-refractivity contribution in [1.82, 2.24) is 5.32 Å². The van der Waals surface area contributed by atoms with E-state index < -0.39 is 0 Å². The van der Waals surface area contributed by atoms with Gasteiger partial charge in [0.15, 0.2) is 0 Å². The van der Waals surface area contributed by atoms with E-state index in [4.69, 9.17) is 0 Å². The summed E-state index contributed by atoms with van der Waals surface area (Å²) in [5, 5.41) is 3.46. The van der Waals surface area contributed by atoms with Crippen molar-refractivity contribution >= 4 is 11.8 Å². The Morgan fingerprint density at radius 1 is 1.42 bits per heavy atom. The zero-order valence-corrected chi connectivity index (χ0v) is 12.7. The van der Waals surface area contributed by atoms with Crippen LogP contribution in [-0.4, -0.2) is 26.2 Å². The Labute approximate surface area is 117 Å². The van der Waals surface area contributed by atoms with Crippen molar-refractivity contribution < 1.29 is 0 Å². The van der Waals surface area contributed by atoms with E-state index >= 15 is 0 Å². The highest BCUT2D eigenvalue weighted by molar-refractivity contribution is 5.62. The fraction of sp³-hybridized carbons (Fsp3) is 0.529. The fourth-order valence-electron chi connectivity index (χ4n) is 2.60. The number of benzene rings is 1. The highest BCUT2D eigenvalue weighted by Gasteiger charge is 2.13. The summed E-state index contributed by atoms with van der Waals surface area (Å²) >= 11 is 0. The zero-order valence-electron chi connectivity index (χ0n) is 12.7. The molecule has 0 radical (unpaired) electrons. The lowest BCUT2D eigenvalue weighted by Crippen LogP contribution is -2.24. The van der Waals surface area contributed by atoms with Gasteiger partial charge >= 0.3 is 0 Å². The molecule has 0 unspecified atom stereocenters. The lowest BCUT2D eigenvalue weighted by atomic mass is 9.99. The van der Waals surface area contributed by atoms with Crippen LogP contribution < -0.4 is 10.2 Å². The predicted molar refractivity (Wildman–Crippen MR) is 84.8 cm³/mol. The fourth-order valence-corrected chi connectivity index (χ4v) is 2.60. The number of rotatable bonds is 4. The molecule has 1 N–H and O–H groups in total. The quantitative estimate of drug-likeness (QED) is 0.889. The van der Waals surface area contributed by atoms with Crippen molar-refractivity contribution in [2.45, 2.75) is 39.7 Å². The first-order valence-electron chi connectivity index (χ1n) is 7.31. The highest BCUT2D eigenvalue weighted by Crippen LogP contribution is 2.27. The summed E-state index contributed by atoms with van der Waals surface area (Å²) in [6.07, 6.45) is 4.78. The summed E-state index contributed by atoms with van der Waals surface area (Å²) in [6.45, 7) is 8.71. The first kappa shape index (κ1) is 14.1. The average Bonchev–Trinajstić information content (AvgIpc) is 2.36. The van der Waals surface area contributed by atoms with E-state index in [9.17, 15) is 0 Å². The lowest BCUT2D eigenvalue weighted by molar-refractivity contribution is 0.623. The van der Waals surface area contributed by atoms with Gasteiger partial charge in [0.1, 0.15) is 0 Å². The van der Waals surface area contributed by atoms with E-state index in [1.807, 2.05) is 0 Å². The van der Waals surface area contributed by atoms with Crippen LogP contribution in [0, 0.1) is 0 Å². The van der Waals surface area contributed by atoms with Gasteiger partial charge in [0.2, 0.25) is 0 Å². The first-order valence-corrected chi connectivity index (χ1v) is 7.31. The normalized spacial score (nSPS) is 15.8. The Kier molecular flexibility index (Phi) is 4.65. The number of hydrogen-bond donors (Lipinski definition) is 1. The second-order valence-corrected chi connectivity index (χ2v) is 5.94. The van der Waals surface area contributed by atoms with Gasteiger partial charge in [-0.25, -0.2) is 0 Å². The van der Waals surface area contributed by atoms with Crippen LogP contribution in [0.25, 0.3) is 6.08 Å². The zero-order chi connectivity index (χ0) is 13.8. The van der Waals surface area contributed by atoms with Crippen molar-refractivity contribution in [1.29, 1.82) is 0 Å². The van der Waals surface area contributed by atoms with E-state index in [0.717, 1.165) is 6.54 Å². The summed E-state index contributed by atoms with van der Waals surface area (Å²) in [4.78, 5) is 2.36. The Bertz CT molecular complexity index is 460. The second-order valence-electron chi connectivity index (χ2n) is 5.94. The minimum Gasteiger partial charge on any atom is -0.374 e. The summed E-state index contributed by atoms with van der Waals surface area (Å²) < 4.78 is 0.